The van der Waals surface area contributed by atoms with E-state index in [0.29, 0.717) is 36.2 Å². The first-order chi connectivity index (χ1) is 14.3. The van der Waals surface area contributed by atoms with Crippen molar-refractivity contribution in [1.82, 2.24) is 15.2 Å². The van der Waals surface area contributed by atoms with Gasteiger partial charge in [0.15, 0.2) is 0 Å². The first-order valence-corrected chi connectivity index (χ1v) is 9.81. The average Bonchev–Trinajstić information content (AvgIpc) is 3.21. The Morgan fingerprint density at radius 2 is 1.57 bits per heavy atom. The zero-order valence-electron chi connectivity index (χ0n) is 16.7. The Hall–Kier alpha value is -3.52. The van der Waals surface area contributed by atoms with Crippen molar-refractivity contribution in [2.75, 3.05) is 0 Å². The standard InChI is InChI=1S/C22H24N6O2/c1-12(23)10-22(21-26-11-27-28-21)17-6-4-15(19(24)29)8-13(17)2-3-14-9-16(20(25)30)5-7-18(14)22/h4-9,11-12H,2-3,10,23H2,1H3,(H2,24,29)(H2,25,30)(H,26,27,28)/t12-/m0/s1. The number of amides is 2. The van der Waals surface area contributed by atoms with Crippen molar-refractivity contribution in [1.29, 1.82) is 0 Å². The number of hydrogen-bond donors (Lipinski definition) is 4. The number of aromatic amines is 1. The highest BCUT2D eigenvalue weighted by molar-refractivity contribution is 5.94. The van der Waals surface area contributed by atoms with Crippen LogP contribution in [0.4, 0.5) is 0 Å². The maximum atomic E-state index is 11.8. The lowest BCUT2D eigenvalue weighted by Gasteiger charge is -2.36. The number of nitrogens with zero attached hydrogens (tertiary/aromatic N) is 2. The molecule has 8 nitrogen and oxygen atoms in total. The Bertz CT molecular complexity index is 1060. The van der Waals surface area contributed by atoms with Gasteiger partial charge in [0, 0.05) is 17.2 Å². The molecule has 0 fully saturated rings. The van der Waals surface area contributed by atoms with E-state index in [-0.39, 0.29) is 6.04 Å². The molecule has 8 heteroatoms. The molecule has 0 radical (unpaired) electrons. The topological polar surface area (TPSA) is 154 Å². The largest absolute Gasteiger partial charge is 0.366 e. The van der Waals surface area contributed by atoms with E-state index in [4.69, 9.17) is 17.2 Å². The van der Waals surface area contributed by atoms with E-state index < -0.39 is 17.2 Å². The number of rotatable bonds is 5. The summed E-state index contributed by atoms with van der Waals surface area (Å²) < 4.78 is 0. The van der Waals surface area contributed by atoms with Crippen LogP contribution in [0.5, 0.6) is 0 Å². The Kier molecular flexibility index (Phi) is 4.87. The second-order valence-corrected chi connectivity index (χ2v) is 7.90. The third kappa shape index (κ3) is 3.15. The highest BCUT2D eigenvalue weighted by Gasteiger charge is 2.44. The molecule has 7 N–H and O–H groups in total. The van der Waals surface area contributed by atoms with Crippen LogP contribution < -0.4 is 17.2 Å². The molecule has 1 aliphatic rings. The lowest BCUT2D eigenvalue weighted by Crippen LogP contribution is -2.38. The van der Waals surface area contributed by atoms with Gasteiger partial charge in [0.2, 0.25) is 11.8 Å². The predicted molar refractivity (Wildman–Crippen MR) is 112 cm³/mol. The number of nitrogens with two attached hydrogens (primary N) is 3. The van der Waals surface area contributed by atoms with E-state index in [1.54, 1.807) is 12.1 Å². The maximum Gasteiger partial charge on any atom is 0.248 e. The van der Waals surface area contributed by atoms with E-state index in [1.807, 2.05) is 31.2 Å². The summed E-state index contributed by atoms with van der Waals surface area (Å²) in [5.74, 6) is -0.302. The summed E-state index contributed by atoms with van der Waals surface area (Å²) in [6.07, 6.45) is 3.42. The van der Waals surface area contributed by atoms with Crippen molar-refractivity contribution < 1.29 is 9.59 Å². The number of H-pyrrole nitrogens is 1. The summed E-state index contributed by atoms with van der Waals surface area (Å²) in [5.41, 5.74) is 21.5. The molecule has 1 heterocycles. The molecule has 0 spiro atoms. The minimum Gasteiger partial charge on any atom is -0.366 e. The van der Waals surface area contributed by atoms with Crippen LogP contribution in [0, 0.1) is 0 Å². The molecule has 1 atom stereocenters. The molecule has 4 rings (SSSR count). The van der Waals surface area contributed by atoms with Crippen molar-refractivity contribution in [2.45, 2.75) is 37.6 Å². The van der Waals surface area contributed by atoms with E-state index in [2.05, 4.69) is 15.2 Å². The van der Waals surface area contributed by atoms with Crippen molar-refractivity contribution in [3.63, 3.8) is 0 Å². The van der Waals surface area contributed by atoms with E-state index >= 15 is 0 Å². The highest BCUT2D eigenvalue weighted by Crippen LogP contribution is 2.46. The molecule has 30 heavy (non-hydrogen) atoms. The lowest BCUT2D eigenvalue weighted by atomic mass is 9.68. The van der Waals surface area contributed by atoms with Crippen LogP contribution in [0.15, 0.2) is 42.7 Å². The first-order valence-electron chi connectivity index (χ1n) is 9.81. The molecule has 0 bridgehead atoms. The molecule has 0 saturated heterocycles. The molecule has 154 valence electrons. The fourth-order valence-electron chi connectivity index (χ4n) is 4.62. The van der Waals surface area contributed by atoms with Gasteiger partial charge in [-0.05, 0) is 72.7 Å². The van der Waals surface area contributed by atoms with Crippen molar-refractivity contribution in [3.05, 3.63) is 81.9 Å². The smallest absolute Gasteiger partial charge is 0.248 e. The Labute approximate surface area is 173 Å². The zero-order valence-corrected chi connectivity index (χ0v) is 16.7. The molecule has 3 aromatic rings. The summed E-state index contributed by atoms with van der Waals surface area (Å²) >= 11 is 0. The number of primary amides is 2. The van der Waals surface area contributed by atoms with Crippen LogP contribution in [0.1, 0.15) is 62.1 Å². The van der Waals surface area contributed by atoms with E-state index in [0.717, 1.165) is 22.3 Å². The Morgan fingerprint density at radius 3 is 1.97 bits per heavy atom. The molecule has 2 amide bonds. The summed E-state index contributed by atoms with van der Waals surface area (Å²) in [7, 11) is 0. The summed E-state index contributed by atoms with van der Waals surface area (Å²) in [5, 5.41) is 8.40. The van der Waals surface area contributed by atoms with Crippen LogP contribution in [-0.4, -0.2) is 33.0 Å². The fourth-order valence-corrected chi connectivity index (χ4v) is 4.62. The molecule has 1 aliphatic carbocycles. The van der Waals surface area contributed by atoms with Crippen LogP contribution in [0.3, 0.4) is 0 Å². The number of aryl methyl sites for hydroxylation is 2. The van der Waals surface area contributed by atoms with Gasteiger partial charge in [0.25, 0.3) is 0 Å². The Morgan fingerprint density at radius 1 is 1.03 bits per heavy atom. The number of aromatic nitrogens is 3. The molecular weight excluding hydrogens is 380 g/mol. The van der Waals surface area contributed by atoms with Gasteiger partial charge < -0.3 is 22.2 Å². The van der Waals surface area contributed by atoms with E-state index in [9.17, 15) is 9.59 Å². The van der Waals surface area contributed by atoms with Crippen molar-refractivity contribution >= 4 is 11.8 Å². The number of carbonyl (C=O) groups is 2. The van der Waals surface area contributed by atoms with Gasteiger partial charge >= 0.3 is 0 Å². The normalized spacial score (nSPS) is 15.5. The quantitative estimate of drug-likeness (QED) is 0.503. The molecule has 0 saturated carbocycles. The van der Waals surface area contributed by atoms with Gasteiger partial charge in [-0.3, -0.25) is 9.59 Å². The number of hydrogen-bond acceptors (Lipinski definition) is 5. The number of fused-ring (bicyclic) bond motifs is 2. The summed E-state index contributed by atoms with van der Waals surface area (Å²) in [6.45, 7) is 1.94. The zero-order chi connectivity index (χ0) is 21.5. The summed E-state index contributed by atoms with van der Waals surface area (Å²) in [4.78, 5) is 26.8. The second-order valence-electron chi connectivity index (χ2n) is 7.90. The molecule has 0 aliphatic heterocycles. The molecule has 1 aromatic heterocycles. The van der Waals surface area contributed by atoms with Crippen LogP contribution in [-0.2, 0) is 18.3 Å². The lowest BCUT2D eigenvalue weighted by molar-refractivity contribution is 0.0991. The third-order valence-corrected chi connectivity index (χ3v) is 5.81. The van der Waals surface area contributed by atoms with Gasteiger partial charge in [-0.25, -0.2) is 0 Å². The number of benzene rings is 2. The summed E-state index contributed by atoms with van der Waals surface area (Å²) in [6, 6.07) is 10.8. The second kappa shape index (κ2) is 7.38. The minimum absolute atomic E-state index is 0.166. The average molecular weight is 404 g/mol. The van der Waals surface area contributed by atoms with Gasteiger partial charge in [-0.2, -0.15) is 0 Å². The monoisotopic (exact) mass is 404 g/mol. The highest BCUT2D eigenvalue weighted by atomic mass is 16.1. The first kappa shape index (κ1) is 19.8. The van der Waals surface area contributed by atoms with Gasteiger partial charge in [-0.15, -0.1) is 10.2 Å². The van der Waals surface area contributed by atoms with Gasteiger partial charge in [0.05, 0.1) is 5.41 Å². The van der Waals surface area contributed by atoms with Crippen molar-refractivity contribution in [2.24, 2.45) is 17.2 Å². The van der Waals surface area contributed by atoms with E-state index in [1.165, 1.54) is 6.33 Å². The molecule has 0 unspecified atom stereocenters. The number of carbonyl (C=O) groups excluding carboxylic acids is 2. The fraction of sp³-hybridized carbons (Fsp3) is 0.273. The van der Waals surface area contributed by atoms with Crippen LogP contribution in [0.2, 0.25) is 0 Å². The van der Waals surface area contributed by atoms with Crippen LogP contribution in [0.25, 0.3) is 0 Å². The van der Waals surface area contributed by atoms with Crippen molar-refractivity contribution in [3.8, 4) is 0 Å². The van der Waals surface area contributed by atoms with Crippen LogP contribution >= 0.6 is 0 Å². The number of nitrogens with one attached hydrogen (secondary N) is 1. The third-order valence-electron chi connectivity index (χ3n) is 5.81. The minimum atomic E-state index is -0.724. The maximum absolute atomic E-state index is 11.8. The van der Waals surface area contributed by atoms with Gasteiger partial charge in [0.1, 0.15) is 12.2 Å². The Balaban J connectivity index is 2.07. The SMILES string of the molecule is C[C@H](N)CC1(c2nnc[nH]2)c2ccc(C(N)=O)cc2CCc2cc(C(N)=O)ccc21. The molecular formula is C22H24N6O2. The molecule has 2 aromatic carbocycles. The van der Waals surface area contributed by atoms with Gasteiger partial charge in [-0.1, -0.05) is 12.1 Å². The predicted octanol–water partition coefficient (Wildman–Crippen LogP) is 1.17.